The van der Waals surface area contributed by atoms with Gasteiger partial charge in [-0.05, 0) is 82.3 Å². The van der Waals surface area contributed by atoms with Gasteiger partial charge in [-0.3, -0.25) is 24.3 Å². The molecule has 362 valence electrons. The largest absolute Gasteiger partial charge is 0.480 e. The Morgan fingerprint density at radius 1 is 1.09 bits per heavy atom. The van der Waals surface area contributed by atoms with Crippen LogP contribution in [-0.4, -0.2) is 109 Å². The predicted octanol–water partition coefficient (Wildman–Crippen LogP) is 8.32. The number of alkyl halides is 4. The number of aromatic nitrogens is 5. The maximum absolute atomic E-state index is 12.6. The molecule has 65 heavy (non-hydrogen) atoms. The molecule has 4 rings (SSSR count). The molecule has 2 aromatic heterocycles. The molecular formula is C38H53Cl4F3N11O8P. The molecule has 0 aliphatic rings. The van der Waals surface area contributed by atoms with Crippen LogP contribution in [0.2, 0.25) is 15.3 Å². The van der Waals surface area contributed by atoms with Crippen molar-refractivity contribution in [3.05, 3.63) is 78.7 Å². The predicted molar refractivity (Wildman–Crippen MR) is 248 cm³/mol. The first-order chi connectivity index (χ1) is 30.1. The summed E-state index contributed by atoms with van der Waals surface area (Å²) in [5.74, 6) is -0.658. The maximum Gasteiger partial charge on any atom is 0.416 e. The Balaban J connectivity index is 0.000000446. The molecule has 0 spiro atoms. The summed E-state index contributed by atoms with van der Waals surface area (Å²) in [7, 11) is -1.47. The molecule has 4 aromatic rings. The van der Waals surface area contributed by atoms with E-state index in [0.717, 1.165) is 40.7 Å². The lowest BCUT2D eigenvalue weighted by atomic mass is 10.0. The number of nitrogens with two attached hydrogens (primary N) is 2. The van der Waals surface area contributed by atoms with E-state index < -0.39 is 47.5 Å². The molecule has 1 amide bonds. The van der Waals surface area contributed by atoms with Gasteiger partial charge in [0.25, 0.3) is 0 Å². The van der Waals surface area contributed by atoms with Crippen LogP contribution in [0, 0.1) is 17.0 Å². The number of carbonyl (C=O) groups is 2. The highest BCUT2D eigenvalue weighted by Crippen LogP contribution is 2.39. The first-order valence-electron chi connectivity index (χ1n) is 19.3. The number of methoxy groups -OCH3 is 1. The van der Waals surface area contributed by atoms with E-state index in [-0.39, 0.29) is 57.5 Å². The highest BCUT2D eigenvalue weighted by Gasteiger charge is 2.33. The van der Waals surface area contributed by atoms with Crippen LogP contribution in [0.5, 0.6) is 0 Å². The van der Waals surface area contributed by atoms with E-state index in [1.54, 1.807) is 12.0 Å². The van der Waals surface area contributed by atoms with Gasteiger partial charge in [-0.25, -0.2) is 4.68 Å². The van der Waals surface area contributed by atoms with Crippen molar-refractivity contribution in [2.45, 2.75) is 78.7 Å². The number of benzene rings is 2. The van der Waals surface area contributed by atoms with Crippen LogP contribution >= 0.6 is 53.8 Å². The molecule has 0 aliphatic carbocycles. The van der Waals surface area contributed by atoms with Crippen molar-refractivity contribution in [2.24, 2.45) is 5.73 Å². The van der Waals surface area contributed by atoms with Crippen LogP contribution in [0.25, 0.3) is 5.69 Å². The SMILES string of the molecule is CCNc1nc(Cl)nc(NC(C)C)n1.CCc1cccc(C)c1N(C(=O)CCl)C(C)COC.CP(=O)(O)CCC(N)C(=O)O.Nc1c([N+](=O)[O-])cnn1-c1c(Cl)cc(C(F)(F)F)cc1Cl. The number of halogens is 7. The fraction of sp³-hybridized carbons (Fsp3) is 0.474. The zero-order valence-corrected chi connectivity index (χ0v) is 40.6. The number of carbonyl (C=O) groups excluding carboxylic acids is 1. The van der Waals surface area contributed by atoms with Gasteiger partial charge in [0.2, 0.25) is 28.9 Å². The zero-order valence-electron chi connectivity index (χ0n) is 36.7. The number of nitrogens with one attached hydrogen (secondary N) is 2. The molecule has 27 heteroatoms. The highest BCUT2D eigenvalue weighted by atomic mass is 35.5. The summed E-state index contributed by atoms with van der Waals surface area (Å²) in [6.07, 6.45) is -2.91. The molecular weight excluding hydrogens is 968 g/mol. The van der Waals surface area contributed by atoms with Crippen LogP contribution in [0.3, 0.4) is 0 Å². The van der Waals surface area contributed by atoms with Crippen LogP contribution in [0.4, 0.5) is 42.3 Å². The Morgan fingerprint density at radius 2 is 1.68 bits per heavy atom. The number of anilines is 4. The van der Waals surface area contributed by atoms with Crippen molar-refractivity contribution in [3.63, 3.8) is 0 Å². The monoisotopic (exact) mass is 1020 g/mol. The number of aliphatic carboxylic acids is 1. The van der Waals surface area contributed by atoms with Gasteiger partial charge in [0.15, 0.2) is 7.37 Å². The molecule has 19 nitrogen and oxygen atoms in total. The summed E-state index contributed by atoms with van der Waals surface area (Å²) < 4.78 is 54.5. The molecule has 2 aromatic carbocycles. The Bertz CT molecular complexity index is 2230. The van der Waals surface area contributed by atoms with Crippen LogP contribution in [0.15, 0.2) is 36.5 Å². The van der Waals surface area contributed by atoms with Gasteiger partial charge in [-0.2, -0.15) is 33.2 Å². The standard InChI is InChI=1S/C15H22ClNO2.C10H5Cl2F3N4O2.C8H14ClN5.C5H12NO4P/c1-5-13-8-6-7-11(2)15(13)17(14(18)9-16)12(3)10-19-4;11-5-1-4(10(13,14)15)2-6(12)8(5)18-9(16)7(3-17-18)19(20)21;1-4-10-7-12-6(9)13-8(14-7)11-5(2)3;1-11(9,10)3-2-4(6)5(7)8/h6-8,12H,5,9-10H2,1-4H3;1-3H,16H2;5H,4H2,1-3H3,(H2,10,11,12,13,14);4H,2-3,6H2,1H3,(H,7,8)(H,9,10). The maximum atomic E-state index is 12.6. The number of rotatable bonds is 16. The van der Waals surface area contributed by atoms with Crippen LogP contribution < -0.4 is 27.0 Å². The summed E-state index contributed by atoms with van der Waals surface area (Å²) in [6, 6.07) is 6.55. The first kappa shape index (κ1) is 58.5. The third-order valence-corrected chi connectivity index (χ3v) is 10.3. The van der Waals surface area contributed by atoms with E-state index >= 15 is 0 Å². The third kappa shape index (κ3) is 19.5. The number of ether oxygens (including phenoxy) is 1. The minimum atomic E-state index is -4.63. The second kappa shape index (κ2) is 27.2. The molecule has 0 aliphatic heterocycles. The molecule has 0 saturated carbocycles. The number of hydrogen-bond donors (Lipinski definition) is 6. The summed E-state index contributed by atoms with van der Waals surface area (Å²) >= 11 is 23.0. The first-order valence-corrected chi connectivity index (χ1v) is 23.3. The summed E-state index contributed by atoms with van der Waals surface area (Å²) in [4.78, 5) is 54.7. The lowest BCUT2D eigenvalue weighted by Crippen LogP contribution is -2.43. The minimum absolute atomic E-state index is 0.0223. The Labute approximate surface area is 393 Å². The molecule has 3 atom stereocenters. The third-order valence-electron chi connectivity index (χ3n) is 8.25. The molecule has 0 radical (unpaired) electrons. The Kier molecular flexibility index (Phi) is 24.5. The molecule has 0 bridgehead atoms. The Morgan fingerprint density at radius 3 is 2.12 bits per heavy atom. The zero-order chi connectivity index (χ0) is 50.0. The number of aryl methyl sites for hydroxylation is 2. The average molecular weight is 1020 g/mol. The van der Waals surface area contributed by atoms with Crippen molar-refractivity contribution in [3.8, 4) is 5.69 Å². The second-order valence-corrected chi connectivity index (χ2v) is 18.1. The van der Waals surface area contributed by atoms with Crippen LogP contribution in [-0.2, 0) is 31.5 Å². The van der Waals surface area contributed by atoms with E-state index in [1.807, 2.05) is 46.8 Å². The Hall–Kier alpha value is -4.54. The van der Waals surface area contributed by atoms with E-state index in [0.29, 0.717) is 30.6 Å². The minimum Gasteiger partial charge on any atom is -0.480 e. The number of amides is 1. The van der Waals surface area contributed by atoms with Crippen molar-refractivity contribution in [1.82, 2.24) is 24.7 Å². The van der Waals surface area contributed by atoms with Gasteiger partial charge in [0.1, 0.15) is 23.8 Å². The van der Waals surface area contributed by atoms with E-state index in [4.69, 9.17) is 72.6 Å². The smallest absolute Gasteiger partial charge is 0.416 e. The van der Waals surface area contributed by atoms with Crippen LogP contribution in [0.1, 0.15) is 57.7 Å². The van der Waals surface area contributed by atoms with Gasteiger partial charge in [-0.15, -0.1) is 11.6 Å². The summed E-state index contributed by atoms with van der Waals surface area (Å²) in [6.45, 7) is 14.5. The molecule has 8 N–H and O–H groups in total. The second-order valence-electron chi connectivity index (χ2n) is 14.1. The number of hydrogen-bond acceptors (Lipinski definition) is 14. The van der Waals surface area contributed by atoms with E-state index in [2.05, 4.69) is 43.7 Å². The van der Waals surface area contributed by atoms with Crippen molar-refractivity contribution >= 4 is 94.7 Å². The lowest BCUT2D eigenvalue weighted by molar-refractivity contribution is -0.383. The van der Waals surface area contributed by atoms with Gasteiger partial charge in [0, 0.05) is 32.5 Å². The summed E-state index contributed by atoms with van der Waals surface area (Å²) in [5.41, 5.74) is 12.1. The number of para-hydroxylation sites is 1. The molecule has 0 fully saturated rings. The number of carboxylic acids is 1. The number of nitro groups is 1. The summed E-state index contributed by atoms with van der Waals surface area (Å²) in [5, 5.41) is 28.0. The van der Waals surface area contributed by atoms with Crippen molar-refractivity contribution in [1.29, 1.82) is 0 Å². The van der Waals surface area contributed by atoms with E-state index in [1.165, 1.54) is 6.66 Å². The van der Waals surface area contributed by atoms with Crippen molar-refractivity contribution < 1.29 is 47.0 Å². The van der Waals surface area contributed by atoms with Crippen molar-refractivity contribution in [2.75, 3.05) is 60.2 Å². The quantitative estimate of drug-likeness (QED) is 0.0266. The fourth-order valence-corrected chi connectivity index (χ4v) is 7.03. The molecule has 2 heterocycles. The number of carboxylic acid groups (broad SMARTS) is 1. The lowest BCUT2D eigenvalue weighted by Gasteiger charge is -2.31. The van der Waals surface area contributed by atoms with Gasteiger partial charge in [0.05, 0.1) is 38.9 Å². The average Bonchev–Trinajstić information content (AvgIpc) is 3.57. The normalized spacial score (nSPS) is 12.8. The van der Waals surface area contributed by atoms with Gasteiger partial charge < -0.3 is 41.7 Å². The van der Waals surface area contributed by atoms with E-state index in [9.17, 15) is 37.4 Å². The van der Waals surface area contributed by atoms with Gasteiger partial charge >= 0.3 is 17.8 Å². The number of nitrogen functional groups attached to an aromatic ring is 1. The topological polar surface area (TPSA) is 280 Å². The fourth-order valence-electron chi connectivity index (χ4n) is 5.33. The number of nitrogens with zero attached hydrogens (tertiary/aromatic N) is 7. The molecule has 3 unspecified atom stereocenters. The van der Waals surface area contributed by atoms with Gasteiger partial charge in [-0.1, -0.05) is 48.3 Å². The molecule has 0 saturated heterocycles. The highest BCUT2D eigenvalue weighted by molar-refractivity contribution is 7.57.